The number of aromatic nitrogens is 4. The van der Waals surface area contributed by atoms with E-state index in [1.54, 1.807) is 0 Å². The zero-order chi connectivity index (χ0) is 16.6. The van der Waals surface area contributed by atoms with Crippen LogP contribution in [0.5, 0.6) is 0 Å². The minimum Gasteiger partial charge on any atom is -0.378 e. The van der Waals surface area contributed by atoms with Gasteiger partial charge in [-0.15, -0.1) is 0 Å². The lowest BCUT2D eigenvalue weighted by Crippen LogP contribution is -2.41. The van der Waals surface area contributed by atoms with Gasteiger partial charge in [-0.2, -0.15) is 9.47 Å². The Kier molecular flexibility index (Phi) is 4.34. The van der Waals surface area contributed by atoms with Crippen molar-refractivity contribution in [2.75, 3.05) is 25.5 Å². The van der Waals surface area contributed by atoms with Gasteiger partial charge in [0.25, 0.3) is 5.91 Å². The number of amides is 1. The molecule has 0 aromatic carbocycles. The number of anilines is 1. The molecule has 1 aliphatic rings. The summed E-state index contributed by atoms with van der Waals surface area (Å²) in [6, 6.07) is 0.193. The summed E-state index contributed by atoms with van der Waals surface area (Å²) in [5.41, 5.74) is 1.49. The standard InChI is InChI=1S/C15H22N6OS/c1-9-13(14(16-4)23-19-9)15(22)20-7-5-6-12(8-20)21-11(3)17-10(2)18-21/h12,16H,5-8H2,1-4H3/t12-/m0/s1. The highest BCUT2D eigenvalue weighted by molar-refractivity contribution is 7.10. The predicted octanol–water partition coefficient (Wildman–Crippen LogP) is 2.18. The Labute approximate surface area is 139 Å². The van der Waals surface area contributed by atoms with Crippen LogP contribution < -0.4 is 5.32 Å². The van der Waals surface area contributed by atoms with Crippen molar-refractivity contribution in [3.63, 3.8) is 0 Å². The fraction of sp³-hybridized carbons (Fsp3) is 0.600. The minimum atomic E-state index is 0.0554. The number of nitrogens with zero attached hydrogens (tertiary/aromatic N) is 5. The van der Waals surface area contributed by atoms with Crippen molar-refractivity contribution in [1.82, 2.24) is 24.0 Å². The zero-order valence-electron chi connectivity index (χ0n) is 14.0. The molecular weight excluding hydrogens is 312 g/mol. The molecule has 8 heteroatoms. The van der Waals surface area contributed by atoms with Gasteiger partial charge in [0.15, 0.2) is 0 Å². The highest BCUT2D eigenvalue weighted by Crippen LogP contribution is 2.28. The Balaban J connectivity index is 1.82. The quantitative estimate of drug-likeness (QED) is 0.931. The Bertz CT molecular complexity index is 722. The molecule has 1 fully saturated rings. The molecular formula is C15H22N6OS. The molecule has 3 rings (SSSR count). The van der Waals surface area contributed by atoms with Crippen molar-refractivity contribution in [2.24, 2.45) is 0 Å². The van der Waals surface area contributed by atoms with Crippen LogP contribution in [-0.4, -0.2) is 50.1 Å². The molecule has 23 heavy (non-hydrogen) atoms. The van der Waals surface area contributed by atoms with Crippen LogP contribution in [0.3, 0.4) is 0 Å². The van der Waals surface area contributed by atoms with Gasteiger partial charge in [-0.05, 0) is 45.1 Å². The molecule has 1 aliphatic heterocycles. The minimum absolute atomic E-state index is 0.0554. The Morgan fingerprint density at radius 1 is 1.35 bits per heavy atom. The second-order valence-corrected chi connectivity index (χ2v) is 6.69. The highest BCUT2D eigenvalue weighted by Gasteiger charge is 2.30. The Morgan fingerprint density at radius 2 is 2.13 bits per heavy atom. The van der Waals surface area contributed by atoms with E-state index in [0.29, 0.717) is 12.1 Å². The van der Waals surface area contributed by atoms with Gasteiger partial charge in [0.05, 0.1) is 17.3 Å². The van der Waals surface area contributed by atoms with E-state index in [0.717, 1.165) is 41.7 Å². The van der Waals surface area contributed by atoms with Crippen LogP contribution in [0.4, 0.5) is 5.00 Å². The summed E-state index contributed by atoms with van der Waals surface area (Å²) < 4.78 is 6.27. The summed E-state index contributed by atoms with van der Waals surface area (Å²) in [5.74, 6) is 1.74. The third-order valence-electron chi connectivity index (χ3n) is 4.24. The van der Waals surface area contributed by atoms with E-state index in [2.05, 4.69) is 19.8 Å². The molecule has 1 amide bonds. The van der Waals surface area contributed by atoms with Crippen molar-refractivity contribution >= 4 is 22.4 Å². The first-order valence-corrected chi connectivity index (χ1v) is 8.61. The van der Waals surface area contributed by atoms with Crippen LogP contribution >= 0.6 is 11.5 Å². The van der Waals surface area contributed by atoms with E-state index in [9.17, 15) is 4.79 Å². The maximum absolute atomic E-state index is 12.9. The lowest BCUT2D eigenvalue weighted by Gasteiger charge is -2.33. The SMILES string of the molecule is CNc1snc(C)c1C(=O)N1CCC[C@H](n2nc(C)nc2C)C1. The third-order valence-corrected chi connectivity index (χ3v) is 5.20. The number of carbonyl (C=O) groups excluding carboxylic acids is 1. The molecule has 0 spiro atoms. The molecule has 7 nitrogen and oxygen atoms in total. The van der Waals surface area contributed by atoms with Crippen molar-refractivity contribution in [3.05, 3.63) is 22.9 Å². The van der Waals surface area contributed by atoms with Gasteiger partial charge in [-0.1, -0.05) is 0 Å². The van der Waals surface area contributed by atoms with E-state index < -0.39 is 0 Å². The first-order chi connectivity index (χ1) is 11.0. The van der Waals surface area contributed by atoms with Gasteiger partial charge < -0.3 is 10.2 Å². The van der Waals surface area contributed by atoms with Gasteiger partial charge in [0.2, 0.25) is 0 Å². The summed E-state index contributed by atoms with van der Waals surface area (Å²) in [5, 5.41) is 8.39. The molecule has 1 atom stereocenters. The molecule has 1 saturated heterocycles. The molecule has 0 radical (unpaired) electrons. The molecule has 0 bridgehead atoms. The number of hydrogen-bond donors (Lipinski definition) is 1. The van der Waals surface area contributed by atoms with Crippen LogP contribution in [0, 0.1) is 20.8 Å². The second-order valence-electron chi connectivity index (χ2n) is 5.92. The van der Waals surface area contributed by atoms with Crippen LogP contribution in [0.25, 0.3) is 0 Å². The number of hydrogen-bond acceptors (Lipinski definition) is 6. The lowest BCUT2D eigenvalue weighted by molar-refractivity contribution is 0.0671. The zero-order valence-corrected chi connectivity index (χ0v) is 14.8. The van der Waals surface area contributed by atoms with Crippen LogP contribution in [0.2, 0.25) is 0 Å². The molecule has 0 saturated carbocycles. The van der Waals surface area contributed by atoms with E-state index in [1.807, 2.05) is 37.4 Å². The predicted molar refractivity (Wildman–Crippen MR) is 90.1 cm³/mol. The first-order valence-electron chi connectivity index (χ1n) is 7.84. The van der Waals surface area contributed by atoms with E-state index in [-0.39, 0.29) is 11.9 Å². The number of piperidine rings is 1. The fourth-order valence-electron chi connectivity index (χ4n) is 3.17. The number of rotatable bonds is 3. The largest absolute Gasteiger partial charge is 0.378 e. The summed E-state index contributed by atoms with van der Waals surface area (Å²) in [6.07, 6.45) is 1.99. The smallest absolute Gasteiger partial charge is 0.258 e. The van der Waals surface area contributed by atoms with Gasteiger partial charge in [-0.25, -0.2) is 9.67 Å². The van der Waals surface area contributed by atoms with Crippen molar-refractivity contribution in [1.29, 1.82) is 0 Å². The van der Waals surface area contributed by atoms with Crippen molar-refractivity contribution in [2.45, 2.75) is 39.7 Å². The third kappa shape index (κ3) is 2.95. The highest BCUT2D eigenvalue weighted by atomic mass is 32.1. The summed E-state index contributed by atoms with van der Waals surface area (Å²) in [7, 11) is 1.82. The van der Waals surface area contributed by atoms with E-state index in [4.69, 9.17) is 0 Å². The van der Waals surface area contributed by atoms with Gasteiger partial charge in [-0.3, -0.25) is 4.79 Å². The molecule has 1 N–H and O–H groups in total. The van der Waals surface area contributed by atoms with E-state index >= 15 is 0 Å². The van der Waals surface area contributed by atoms with Crippen LogP contribution in [0.1, 0.15) is 46.6 Å². The molecule has 2 aromatic heterocycles. The fourth-order valence-corrected chi connectivity index (χ4v) is 3.91. The van der Waals surface area contributed by atoms with Crippen molar-refractivity contribution < 1.29 is 4.79 Å². The maximum Gasteiger partial charge on any atom is 0.258 e. The topological polar surface area (TPSA) is 75.9 Å². The Hall–Kier alpha value is -1.96. The maximum atomic E-state index is 12.9. The number of likely N-dealkylation sites (tertiary alicyclic amines) is 1. The first kappa shape index (κ1) is 15.9. The molecule has 2 aromatic rings. The number of aryl methyl sites for hydroxylation is 3. The molecule has 124 valence electrons. The van der Waals surface area contributed by atoms with Gasteiger partial charge in [0, 0.05) is 20.1 Å². The van der Waals surface area contributed by atoms with E-state index in [1.165, 1.54) is 11.5 Å². The van der Waals surface area contributed by atoms with Crippen LogP contribution in [-0.2, 0) is 0 Å². The summed E-state index contributed by atoms with van der Waals surface area (Å²) >= 11 is 1.34. The van der Waals surface area contributed by atoms with Gasteiger partial charge in [0.1, 0.15) is 16.6 Å². The van der Waals surface area contributed by atoms with Gasteiger partial charge >= 0.3 is 0 Å². The number of carbonyl (C=O) groups is 1. The average Bonchev–Trinajstić information content (AvgIpc) is 3.08. The number of nitrogens with one attached hydrogen (secondary N) is 1. The Morgan fingerprint density at radius 3 is 2.78 bits per heavy atom. The molecule has 0 aliphatic carbocycles. The summed E-state index contributed by atoms with van der Waals surface area (Å²) in [6.45, 7) is 7.19. The normalized spacial score (nSPS) is 18.3. The van der Waals surface area contributed by atoms with Crippen LogP contribution in [0.15, 0.2) is 0 Å². The monoisotopic (exact) mass is 334 g/mol. The lowest BCUT2D eigenvalue weighted by atomic mass is 10.0. The second kappa shape index (κ2) is 6.27. The van der Waals surface area contributed by atoms with Crippen molar-refractivity contribution in [3.8, 4) is 0 Å². The summed E-state index contributed by atoms with van der Waals surface area (Å²) in [4.78, 5) is 19.2. The molecule has 3 heterocycles. The molecule has 0 unspecified atom stereocenters. The average molecular weight is 334 g/mol.